The molecular formula is C12H18N2. The Bertz CT molecular complexity index is 251. The maximum absolute atomic E-state index is 3.61. The van der Waals surface area contributed by atoms with E-state index in [1.807, 2.05) is 12.2 Å². The standard InChI is InChI=1S/C12H18N2/c1-3-4-5-6-7-8-10-13(2)14-11-9-12-14/h3-7,9,11H,1,8,10,12H2,2H3/b5-4-,7-6-. The van der Waals surface area contributed by atoms with E-state index in [9.17, 15) is 0 Å². The maximum atomic E-state index is 3.61. The van der Waals surface area contributed by atoms with Gasteiger partial charge in [0.05, 0.1) is 6.54 Å². The second kappa shape index (κ2) is 6.22. The molecule has 0 aromatic rings. The van der Waals surface area contributed by atoms with Gasteiger partial charge in [0.25, 0.3) is 0 Å². The zero-order valence-electron chi connectivity index (χ0n) is 8.76. The van der Waals surface area contributed by atoms with Crippen molar-refractivity contribution < 1.29 is 0 Å². The van der Waals surface area contributed by atoms with E-state index in [0.29, 0.717) is 0 Å². The highest BCUT2D eigenvalue weighted by Gasteiger charge is 2.08. The van der Waals surface area contributed by atoms with Crippen molar-refractivity contribution in [2.75, 3.05) is 20.1 Å². The van der Waals surface area contributed by atoms with Crippen molar-refractivity contribution in [3.05, 3.63) is 49.2 Å². The van der Waals surface area contributed by atoms with Gasteiger partial charge in [-0.3, -0.25) is 0 Å². The molecule has 0 atom stereocenters. The van der Waals surface area contributed by atoms with E-state index in [4.69, 9.17) is 0 Å². The van der Waals surface area contributed by atoms with E-state index in [2.05, 4.69) is 48.1 Å². The number of hydrogen-bond donors (Lipinski definition) is 0. The summed E-state index contributed by atoms with van der Waals surface area (Å²) in [5.74, 6) is 0. The lowest BCUT2D eigenvalue weighted by Gasteiger charge is -2.34. The van der Waals surface area contributed by atoms with Crippen LogP contribution < -0.4 is 0 Å². The van der Waals surface area contributed by atoms with Crippen molar-refractivity contribution in [1.29, 1.82) is 0 Å². The predicted molar refractivity (Wildman–Crippen MR) is 61.6 cm³/mol. The lowest BCUT2D eigenvalue weighted by atomic mass is 10.3. The van der Waals surface area contributed by atoms with Crippen molar-refractivity contribution in [1.82, 2.24) is 10.0 Å². The summed E-state index contributed by atoms with van der Waals surface area (Å²) in [4.78, 5) is 0. The molecule has 76 valence electrons. The van der Waals surface area contributed by atoms with E-state index in [-0.39, 0.29) is 0 Å². The molecule has 0 spiro atoms. The van der Waals surface area contributed by atoms with Crippen LogP contribution in [0.25, 0.3) is 0 Å². The highest BCUT2D eigenvalue weighted by atomic mass is 15.6. The predicted octanol–water partition coefficient (Wildman–Crippen LogP) is 2.35. The molecule has 1 heterocycles. The molecule has 14 heavy (non-hydrogen) atoms. The Labute approximate surface area is 86.5 Å². The summed E-state index contributed by atoms with van der Waals surface area (Å²) < 4.78 is 0. The van der Waals surface area contributed by atoms with Crippen LogP contribution in [0.4, 0.5) is 0 Å². The van der Waals surface area contributed by atoms with Gasteiger partial charge in [-0.15, -0.1) is 0 Å². The van der Waals surface area contributed by atoms with Gasteiger partial charge in [0.15, 0.2) is 0 Å². The Morgan fingerprint density at radius 2 is 2.21 bits per heavy atom. The zero-order valence-corrected chi connectivity index (χ0v) is 8.76. The number of nitrogens with zero attached hydrogens (tertiary/aromatic N) is 2. The molecule has 1 rings (SSSR count). The first-order valence-corrected chi connectivity index (χ1v) is 4.93. The molecule has 1 aliphatic heterocycles. The SMILES string of the molecule is C=C/C=C\C=C/CCN(C)N1C=CC1. The maximum Gasteiger partial charge on any atom is 0.0538 e. The molecule has 0 aromatic carbocycles. The van der Waals surface area contributed by atoms with Crippen LogP contribution in [-0.4, -0.2) is 30.2 Å². The van der Waals surface area contributed by atoms with E-state index < -0.39 is 0 Å². The molecule has 0 saturated heterocycles. The molecule has 0 aliphatic carbocycles. The number of hydrogen-bond acceptors (Lipinski definition) is 2. The van der Waals surface area contributed by atoms with Crippen LogP contribution in [0.3, 0.4) is 0 Å². The summed E-state index contributed by atoms with van der Waals surface area (Å²) in [6.07, 6.45) is 15.3. The topological polar surface area (TPSA) is 6.48 Å². The Morgan fingerprint density at radius 3 is 2.79 bits per heavy atom. The van der Waals surface area contributed by atoms with Crippen molar-refractivity contribution >= 4 is 0 Å². The molecular weight excluding hydrogens is 172 g/mol. The summed E-state index contributed by atoms with van der Waals surface area (Å²) in [7, 11) is 2.11. The van der Waals surface area contributed by atoms with Gasteiger partial charge in [-0.2, -0.15) is 0 Å². The highest BCUT2D eigenvalue weighted by Crippen LogP contribution is 2.05. The third kappa shape index (κ3) is 3.62. The first-order chi connectivity index (χ1) is 6.84. The Morgan fingerprint density at radius 1 is 1.43 bits per heavy atom. The van der Waals surface area contributed by atoms with E-state index >= 15 is 0 Å². The van der Waals surface area contributed by atoms with Gasteiger partial charge in [0.1, 0.15) is 0 Å². The third-order valence-electron chi connectivity index (χ3n) is 2.12. The monoisotopic (exact) mass is 190 g/mol. The quantitative estimate of drug-likeness (QED) is 0.593. The van der Waals surface area contributed by atoms with Crippen molar-refractivity contribution in [2.45, 2.75) is 6.42 Å². The van der Waals surface area contributed by atoms with Crippen LogP contribution in [0.15, 0.2) is 49.2 Å². The molecule has 0 N–H and O–H groups in total. The molecule has 0 amide bonds. The molecule has 0 aromatic heterocycles. The average Bonchev–Trinajstić information content (AvgIpc) is 2.08. The molecule has 0 saturated carbocycles. The summed E-state index contributed by atoms with van der Waals surface area (Å²) in [5, 5.41) is 4.43. The van der Waals surface area contributed by atoms with Crippen LogP contribution in [0.1, 0.15) is 6.42 Å². The smallest absolute Gasteiger partial charge is 0.0538 e. The molecule has 1 aliphatic rings. The first-order valence-electron chi connectivity index (χ1n) is 4.93. The summed E-state index contributed by atoms with van der Waals surface area (Å²) in [6, 6.07) is 0. The molecule has 0 unspecified atom stereocenters. The normalized spacial score (nSPS) is 15.7. The molecule has 2 nitrogen and oxygen atoms in total. The minimum atomic E-state index is 1.05. The number of hydrazine groups is 1. The van der Waals surface area contributed by atoms with E-state index in [1.54, 1.807) is 6.08 Å². The fourth-order valence-electron chi connectivity index (χ4n) is 1.16. The summed E-state index contributed by atoms with van der Waals surface area (Å²) >= 11 is 0. The number of allylic oxidation sites excluding steroid dienone is 4. The van der Waals surface area contributed by atoms with Crippen LogP contribution in [0.2, 0.25) is 0 Å². The second-order valence-electron chi connectivity index (χ2n) is 3.23. The fourth-order valence-corrected chi connectivity index (χ4v) is 1.16. The fraction of sp³-hybridized carbons (Fsp3) is 0.333. The van der Waals surface area contributed by atoms with Gasteiger partial charge in [-0.1, -0.05) is 37.0 Å². The Kier molecular flexibility index (Phi) is 4.79. The van der Waals surface area contributed by atoms with Crippen LogP contribution >= 0.6 is 0 Å². The minimum absolute atomic E-state index is 1.05. The second-order valence-corrected chi connectivity index (χ2v) is 3.23. The molecule has 0 bridgehead atoms. The lowest BCUT2D eigenvalue weighted by molar-refractivity contribution is 0.0475. The average molecular weight is 190 g/mol. The van der Waals surface area contributed by atoms with Crippen LogP contribution in [0, 0.1) is 0 Å². The van der Waals surface area contributed by atoms with Gasteiger partial charge in [0.2, 0.25) is 0 Å². The minimum Gasteiger partial charge on any atom is -0.310 e. The molecule has 2 heteroatoms. The van der Waals surface area contributed by atoms with Gasteiger partial charge < -0.3 is 5.01 Å². The molecule has 0 fully saturated rings. The lowest BCUT2D eigenvalue weighted by Crippen LogP contribution is -2.40. The highest BCUT2D eigenvalue weighted by molar-refractivity contribution is 5.08. The van der Waals surface area contributed by atoms with Crippen molar-refractivity contribution in [3.63, 3.8) is 0 Å². The Balaban J connectivity index is 2.08. The summed E-state index contributed by atoms with van der Waals surface area (Å²) in [6.45, 7) is 5.72. The van der Waals surface area contributed by atoms with Gasteiger partial charge in [-0.25, -0.2) is 5.01 Å². The van der Waals surface area contributed by atoms with Crippen molar-refractivity contribution in [3.8, 4) is 0 Å². The van der Waals surface area contributed by atoms with E-state index in [1.165, 1.54) is 0 Å². The third-order valence-corrected chi connectivity index (χ3v) is 2.12. The largest absolute Gasteiger partial charge is 0.310 e. The Hall–Kier alpha value is -1.28. The van der Waals surface area contributed by atoms with Crippen LogP contribution in [-0.2, 0) is 0 Å². The van der Waals surface area contributed by atoms with Gasteiger partial charge in [0, 0.05) is 19.8 Å². The van der Waals surface area contributed by atoms with Crippen molar-refractivity contribution in [2.24, 2.45) is 0 Å². The summed E-state index contributed by atoms with van der Waals surface area (Å²) in [5.41, 5.74) is 0. The molecule has 0 radical (unpaired) electrons. The van der Waals surface area contributed by atoms with Crippen LogP contribution in [0.5, 0.6) is 0 Å². The number of rotatable bonds is 6. The van der Waals surface area contributed by atoms with Gasteiger partial charge >= 0.3 is 0 Å². The van der Waals surface area contributed by atoms with E-state index in [0.717, 1.165) is 19.5 Å². The van der Waals surface area contributed by atoms with Gasteiger partial charge in [-0.05, 0) is 12.5 Å². The first kappa shape index (κ1) is 10.8. The zero-order chi connectivity index (χ0) is 10.2.